The molecule has 0 bridgehead atoms. The van der Waals surface area contributed by atoms with Crippen molar-refractivity contribution in [1.82, 2.24) is 4.90 Å². The maximum Gasteiger partial charge on any atom is 0.323 e. The fourth-order valence-corrected chi connectivity index (χ4v) is 2.42. The molecule has 98 valence electrons. The molecule has 0 spiro atoms. The minimum absolute atomic E-state index is 0.230. The van der Waals surface area contributed by atoms with Gasteiger partial charge in [-0.2, -0.15) is 0 Å². The predicted octanol–water partition coefficient (Wildman–Crippen LogP) is 0.668. The lowest BCUT2D eigenvalue weighted by molar-refractivity contribution is -0.153. The van der Waals surface area contributed by atoms with Crippen LogP contribution in [0.4, 0.5) is 0 Å². The highest BCUT2D eigenvalue weighted by Crippen LogP contribution is 2.22. The van der Waals surface area contributed by atoms with Crippen molar-refractivity contribution in [3.05, 3.63) is 0 Å². The number of carbonyl (C=O) groups excluding carboxylic acids is 2. The summed E-state index contributed by atoms with van der Waals surface area (Å²) in [7, 11) is 0. The Kier molecular flexibility index (Phi) is 5.41. The summed E-state index contributed by atoms with van der Waals surface area (Å²) in [5.41, 5.74) is 5.38. The molecular weight excluding hydrogens is 220 g/mol. The van der Waals surface area contributed by atoms with E-state index in [1.165, 1.54) is 0 Å². The number of ether oxygens (including phenoxy) is 1. The molecule has 1 saturated heterocycles. The highest BCUT2D eigenvalue weighted by Gasteiger charge is 2.35. The van der Waals surface area contributed by atoms with Gasteiger partial charge in [-0.25, -0.2) is 0 Å². The second-order valence-corrected chi connectivity index (χ2v) is 4.33. The van der Waals surface area contributed by atoms with Crippen molar-refractivity contribution in [2.75, 3.05) is 13.2 Å². The highest BCUT2D eigenvalue weighted by atomic mass is 16.5. The van der Waals surface area contributed by atoms with Gasteiger partial charge in [0.15, 0.2) is 0 Å². The van der Waals surface area contributed by atoms with Crippen LogP contribution in [-0.2, 0) is 14.3 Å². The molecule has 0 saturated carbocycles. The summed E-state index contributed by atoms with van der Waals surface area (Å²) in [6, 6.07) is -0.661. The van der Waals surface area contributed by atoms with Crippen molar-refractivity contribution < 1.29 is 14.3 Å². The minimum atomic E-state index is -0.358. The van der Waals surface area contributed by atoms with E-state index in [1.54, 1.807) is 6.92 Å². The second-order valence-electron chi connectivity index (χ2n) is 4.33. The first-order valence-electron chi connectivity index (χ1n) is 6.33. The van der Waals surface area contributed by atoms with Gasteiger partial charge in [0.2, 0.25) is 5.91 Å². The molecule has 5 nitrogen and oxygen atoms in total. The van der Waals surface area contributed by atoms with Gasteiger partial charge in [-0.15, -0.1) is 0 Å². The van der Waals surface area contributed by atoms with Crippen molar-refractivity contribution in [1.29, 1.82) is 0 Å². The number of hydrogen-bond donors (Lipinski definition) is 1. The van der Waals surface area contributed by atoms with Crippen molar-refractivity contribution in [3.63, 3.8) is 0 Å². The Labute approximate surface area is 102 Å². The van der Waals surface area contributed by atoms with E-state index in [0.29, 0.717) is 13.0 Å². The zero-order chi connectivity index (χ0) is 12.8. The number of rotatable bonds is 5. The van der Waals surface area contributed by atoms with Gasteiger partial charge >= 0.3 is 5.97 Å². The third kappa shape index (κ3) is 3.43. The average molecular weight is 242 g/mol. The maximum absolute atomic E-state index is 11.8. The van der Waals surface area contributed by atoms with Crippen molar-refractivity contribution >= 4 is 11.9 Å². The average Bonchev–Trinajstić information content (AvgIpc) is 2.30. The first-order valence-corrected chi connectivity index (χ1v) is 6.33. The number of nitrogens with two attached hydrogens (primary N) is 1. The molecule has 1 aliphatic rings. The number of carbonyl (C=O) groups is 2. The predicted molar refractivity (Wildman–Crippen MR) is 64.3 cm³/mol. The fourth-order valence-electron chi connectivity index (χ4n) is 2.42. The lowest BCUT2D eigenvalue weighted by atomic mass is 9.98. The number of nitrogens with zero attached hydrogens (tertiary/aromatic N) is 1. The van der Waals surface area contributed by atoms with Crippen LogP contribution in [0.1, 0.15) is 39.5 Å². The van der Waals surface area contributed by atoms with Crippen LogP contribution in [0.2, 0.25) is 0 Å². The highest BCUT2D eigenvalue weighted by molar-refractivity contribution is 5.82. The number of amides is 1. The van der Waals surface area contributed by atoms with Crippen LogP contribution >= 0.6 is 0 Å². The van der Waals surface area contributed by atoms with E-state index < -0.39 is 0 Å². The molecule has 1 fully saturated rings. The van der Waals surface area contributed by atoms with Gasteiger partial charge in [0.05, 0.1) is 12.6 Å². The van der Waals surface area contributed by atoms with E-state index in [2.05, 4.69) is 0 Å². The van der Waals surface area contributed by atoms with E-state index in [1.807, 2.05) is 11.8 Å². The number of primary amides is 1. The molecule has 1 rings (SSSR count). The molecule has 2 atom stereocenters. The summed E-state index contributed by atoms with van der Waals surface area (Å²) in [6.45, 7) is 4.81. The zero-order valence-electron chi connectivity index (χ0n) is 10.6. The standard InChI is InChI=1S/C12H22N2O3/c1-3-9(11(13)15)14-8-6-5-7-10(14)12(16)17-4-2/h9-10H,3-8H2,1-2H3,(H2,13,15). The largest absolute Gasteiger partial charge is 0.465 e. The van der Waals surface area contributed by atoms with Gasteiger partial charge in [-0.1, -0.05) is 13.3 Å². The van der Waals surface area contributed by atoms with Gasteiger partial charge in [-0.3, -0.25) is 14.5 Å². The summed E-state index contributed by atoms with van der Waals surface area (Å²) in [5.74, 6) is -0.587. The van der Waals surface area contributed by atoms with Crippen molar-refractivity contribution in [2.45, 2.75) is 51.6 Å². The van der Waals surface area contributed by atoms with Crippen LogP contribution in [0, 0.1) is 0 Å². The fraction of sp³-hybridized carbons (Fsp3) is 0.833. The molecule has 0 aromatic rings. The third-order valence-electron chi connectivity index (χ3n) is 3.22. The topological polar surface area (TPSA) is 72.6 Å². The van der Waals surface area contributed by atoms with E-state index in [9.17, 15) is 9.59 Å². The van der Waals surface area contributed by atoms with Gasteiger partial charge in [0, 0.05) is 0 Å². The van der Waals surface area contributed by atoms with Gasteiger partial charge < -0.3 is 10.5 Å². The molecule has 0 aromatic heterocycles. The lowest BCUT2D eigenvalue weighted by Crippen LogP contribution is -2.54. The molecule has 2 unspecified atom stereocenters. The number of hydrogen-bond acceptors (Lipinski definition) is 4. The Hall–Kier alpha value is -1.10. The smallest absolute Gasteiger partial charge is 0.323 e. The summed E-state index contributed by atoms with van der Waals surface area (Å²) in [6.07, 6.45) is 3.38. The first kappa shape index (κ1) is 14.0. The van der Waals surface area contributed by atoms with Crippen molar-refractivity contribution in [2.24, 2.45) is 5.73 Å². The van der Waals surface area contributed by atoms with Gasteiger partial charge in [-0.05, 0) is 32.7 Å². The Morgan fingerprint density at radius 2 is 2.12 bits per heavy atom. The Balaban J connectivity index is 2.77. The van der Waals surface area contributed by atoms with Gasteiger partial charge in [0.1, 0.15) is 6.04 Å². The van der Waals surface area contributed by atoms with Gasteiger partial charge in [0.25, 0.3) is 0 Å². The molecule has 0 radical (unpaired) electrons. The zero-order valence-corrected chi connectivity index (χ0v) is 10.6. The van der Waals surface area contributed by atoms with Crippen LogP contribution < -0.4 is 5.73 Å². The van der Waals surface area contributed by atoms with E-state index >= 15 is 0 Å². The number of esters is 1. The maximum atomic E-state index is 11.8. The van der Waals surface area contributed by atoms with E-state index in [4.69, 9.17) is 10.5 Å². The monoisotopic (exact) mass is 242 g/mol. The minimum Gasteiger partial charge on any atom is -0.465 e. The van der Waals surface area contributed by atoms with Crippen LogP contribution in [-0.4, -0.2) is 42.0 Å². The van der Waals surface area contributed by atoms with E-state index in [-0.39, 0.29) is 24.0 Å². The quantitative estimate of drug-likeness (QED) is 0.719. The molecular formula is C12H22N2O3. The van der Waals surface area contributed by atoms with Crippen LogP contribution in [0.15, 0.2) is 0 Å². The normalized spacial score (nSPS) is 23.1. The van der Waals surface area contributed by atoms with Crippen LogP contribution in [0.5, 0.6) is 0 Å². The summed E-state index contributed by atoms with van der Waals surface area (Å²) in [4.78, 5) is 25.1. The molecule has 1 heterocycles. The molecule has 5 heteroatoms. The lowest BCUT2D eigenvalue weighted by Gasteiger charge is -2.37. The first-order chi connectivity index (χ1) is 8.11. The molecule has 17 heavy (non-hydrogen) atoms. The second kappa shape index (κ2) is 6.59. The third-order valence-corrected chi connectivity index (χ3v) is 3.22. The summed E-state index contributed by atoms with van der Waals surface area (Å²) in [5, 5.41) is 0. The molecule has 2 N–H and O–H groups in total. The van der Waals surface area contributed by atoms with E-state index in [0.717, 1.165) is 25.8 Å². The Morgan fingerprint density at radius 1 is 1.41 bits per heavy atom. The van der Waals surface area contributed by atoms with Crippen LogP contribution in [0.3, 0.4) is 0 Å². The molecule has 1 aliphatic heterocycles. The number of likely N-dealkylation sites (tertiary alicyclic amines) is 1. The number of piperidine rings is 1. The Morgan fingerprint density at radius 3 is 2.65 bits per heavy atom. The summed E-state index contributed by atoms with van der Waals surface area (Å²) >= 11 is 0. The van der Waals surface area contributed by atoms with Crippen molar-refractivity contribution in [3.8, 4) is 0 Å². The van der Waals surface area contributed by atoms with Crippen LogP contribution in [0.25, 0.3) is 0 Å². The molecule has 1 amide bonds. The Bertz CT molecular complexity index is 281. The summed E-state index contributed by atoms with van der Waals surface area (Å²) < 4.78 is 5.05. The molecule has 0 aliphatic carbocycles. The SMILES string of the molecule is CCOC(=O)C1CCCCN1C(CC)C(N)=O. The molecule has 0 aromatic carbocycles.